The van der Waals surface area contributed by atoms with Gasteiger partial charge in [0.15, 0.2) is 0 Å². The first-order chi connectivity index (χ1) is 8.77. The molecule has 3 rings (SSSR count). The van der Waals surface area contributed by atoms with Crippen molar-refractivity contribution in [3.63, 3.8) is 0 Å². The molecule has 0 radical (unpaired) electrons. The van der Waals surface area contributed by atoms with Crippen molar-refractivity contribution in [1.82, 2.24) is 0 Å². The lowest BCUT2D eigenvalue weighted by Gasteiger charge is -2.12. The normalized spacial score (nSPS) is 10.8. The summed E-state index contributed by atoms with van der Waals surface area (Å²) in [5.74, 6) is 0. The molecule has 3 aromatic carbocycles. The number of aryl methyl sites for hydroxylation is 1. The van der Waals surface area contributed by atoms with Crippen LogP contribution >= 0.6 is 11.6 Å². The summed E-state index contributed by atoms with van der Waals surface area (Å²) in [6.45, 7) is 2.11. The predicted molar refractivity (Wildman–Crippen MR) is 79.1 cm³/mol. The zero-order valence-electron chi connectivity index (χ0n) is 10.2. The van der Waals surface area contributed by atoms with Gasteiger partial charge in [0.05, 0.1) is 0 Å². The molecule has 0 atom stereocenters. The van der Waals surface area contributed by atoms with E-state index in [2.05, 4.69) is 49.4 Å². The fourth-order valence-electron chi connectivity index (χ4n) is 2.45. The molecule has 0 fully saturated rings. The van der Waals surface area contributed by atoms with Crippen LogP contribution in [0.3, 0.4) is 0 Å². The second-order valence-electron chi connectivity index (χ2n) is 4.46. The summed E-state index contributed by atoms with van der Waals surface area (Å²) in [6, 6.07) is 20.8. The molecule has 1 heteroatoms. The van der Waals surface area contributed by atoms with Crippen LogP contribution in [0.25, 0.3) is 21.9 Å². The fourth-order valence-corrected chi connectivity index (χ4v) is 2.78. The highest BCUT2D eigenvalue weighted by molar-refractivity contribution is 6.36. The van der Waals surface area contributed by atoms with Crippen molar-refractivity contribution in [2.75, 3.05) is 0 Å². The molecule has 0 aromatic heterocycles. The maximum Gasteiger partial charge on any atom is 0.0487 e. The van der Waals surface area contributed by atoms with E-state index in [0.29, 0.717) is 0 Å². The molecule has 0 amide bonds. The predicted octanol–water partition coefficient (Wildman–Crippen LogP) is 5.47. The van der Waals surface area contributed by atoms with Crippen LogP contribution in [-0.4, -0.2) is 0 Å². The number of benzene rings is 3. The van der Waals surface area contributed by atoms with E-state index < -0.39 is 0 Å². The zero-order chi connectivity index (χ0) is 12.5. The van der Waals surface area contributed by atoms with Crippen LogP contribution in [0.5, 0.6) is 0 Å². The van der Waals surface area contributed by atoms with Gasteiger partial charge < -0.3 is 0 Å². The van der Waals surface area contributed by atoms with Gasteiger partial charge >= 0.3 is 0 Å². The lowest BCUT2D eigenvalue weighted by atomic mass is 9.94. The van der Waals surface area contributed by atoms with E-state index in [0.717, 1.165) is 10.4 Å². The monoisotopic (exact) mass is 252 g/mol. The molecule has 0 aliphatic carbocycles. The van der Waals surface area contributed by atoms with Gasteiger partial charge in [0.25, 0.3) is 0 Å². The van der Waals surface area contributed by atoms with E-state index >= 15 is 0 Å². The second-order valence-corrected chi connectivity index (χ2v) is 4.87. The Bertz CT molecular complexity index is 699. The SMILES string of the molecule is Cc1cc(Cl)c2ccccc2c1-c1ccccc1. The van der Waals surface area contributed by atoms with E-state index in [-0.39, 0.29) is 0 Å². The quantitative estimate of drug-likeness (QED) is 0.539. The summed E-state index contributed by atoms with van der Waals surface area (Å²) in [4.78, 5) is 0. The van der Waals surface area contributed by atoms with Crippen molar-refractivity contribution in [3.05, 3.63) is 71.2 Å². The first-order valence-electron chi connectivity index (χ1n) is 6.00. The van der Waals surface area contributed by atoms with Crippen LogP contribution in [0, 0.1) is 6.92 Å². The van der Waals surface area contributed by atoms with Crippen LogP contribution in [0.2, 0.25) is 5.02 Å². The zero-order valence-corrected chi connectivity index (χ0v) is 10.9. The smallest absolute Gasteiger partial charge is 0.0487 e. The van der Waals surface area contributed by atoms with Gasteiger partial charge in [-0.15, -0.1) is 0 Å². The number of halogens is 1. The Morgan fingerprint density at radius 3 is 2.11 bits per heavy atom. The van der Waals surface area contributed by atoms with Crippen molar-refractivity contribution >= 4 is 22.4 Å². The highest BCUT2D eigenvalue weighted by atomic mass is 35.5. The van der Waals surface area contributed by atoms with E-state index in [4.69, 9.17) is 11.6 Å². The molecule has 0 bridgehead atoms. The Morgan fingerprint density at radius 1 is 0.778 bits per heavy atom. The van der Waals surface area contributed by atoms with Crippen LogP contribution < -0.4 is 0 Å². The number of hydrogen-bond donors (Lipinski definition) is 0. The van der Waals surface area contributed by atoms with Crippen molar-refractivity contribution < 1.29 is 0 Å². The van der Waals surface area contributed by atoms with Gasteiger partial charge in [-0.1, -0.05) is 66.2 Å². The molecule has 0 aliphatic rings. The van der Waals surface area contributed by atoms with Gasteiger partial charge in [0, 0.05) is 10.4 Å². The van der Waals surface area contributed by atoms with Gasteiger partial charge in [-0.3, -0.25) is 0 Å². The van der Waals surface area contributed by atoms with Crippen LogP contribution in [0.4, 0.5) is 0 Å². The lowest BCUT2D eigenvalue weighted by molar-refractivity contribution is 1.49. The molecule has 0 saturated carbocycles. The molecule has 3 aromatic rings. The molecule has 0 heterocycles. The maximum absolute atomic E-state index is 6.32. The highest BCUT2D eigenvalue weighted by Crippen LogP contribution is 2.35. The minimum Gasteiger partial charge on any atom is -0.0837 e. The van der Waals surface area contributed by atoms with Crippen molar-refractivity contribution in [2.45, 2.75) is 6.92 Å². The van der Waals surface area contributed by atoms with E-state index in [1.165, 1.54) is 22.1 Å². The van der Waals surface area contributed by atoms with Crippen molar-refractivity contribution in [2.24, 2.45) is 0 Å². The first-order valence-corrected chi connectivity index (χ1v) is 6.38. The van der Waals surface area contributed by atoms with Crippen LogP contribution in [-0.2, 0) is 0 Å². The molecule has 88 valence electrons. The summed E-state index contributed by atoms with van der Waals surface area (Å²) in [5.41, 5.74) is 3.73. The topological polar surface area (TPSA) is 0 Å². The summed E-state index contributed by atoms with van der Waals surface area (Å²) in [6.07, 6.45) is 0. The Labute approximate surface area is 112 Å². The molecule has 0 aliphatic heterocycles. The van der Waals surface area contributed by atoms with Crippen molar-refractivity contribution in [3.8, 4) is 11.1 Å². The van der Waals surface area contributed by atoms with Gasteiger partial charge in [0.1, 0.15) is 0 Å². The fraction of sp³-hybridized carbons (Fsp3) is 0.0588. The highest BCUT2D eigenvalue weighted by Gasteiger charge is 2.09. The van der Waals surface area contributed by atoms with Crippen LogP contribution in [0.1, 0.15) is 5.56 Å². The van der Waals surface area contributed by atoms with E-state index in [1.807, 2.05) is 18.2 Å². The standard InChI is InChI=1S/C17H13Cl/c1-12-11-16(18)14-9-5-6-10-15(14)17(12)13-7-3-2-4-8-13/h2-11H,1H3. The average molecular weight is 253 g/mol. The minimum atomic E-state index is 0.822. The Morgan fingerprint density at radius 2 is 1.39 bits per heavy atom. The third kappa shape index (κ3) is 1.79. The molecule has 18 heavy (non-hydrogen) atoms. The number of rotatable bonds is 1. The van der Waals surface area contributed by atoms with Crippen LogP contribution in [0.15, 0.2) is 60.7 Å². The summed E-state index contributed by atoms with van der Waals surface area (Å²) < 4.78 is 0. The third-order valence-electron chi connectivity index (χ3n) is 3.25. The Hall–Kier alpha value is -1.79. The minimum absolute atomic E-state index is 0.822. The second kappa shape index (κ2) is 4.47. The molecular weight excluding hydrogens is 240 g/mol. The Balaban J connectivity index is 2.42. The van der Waals surface area contributed by atoms with Gasteiger partial charge in [-0.2, -0.15) is 0 Å². The maximum atomic E-state index is 6.32. The van der Waals surface area contributed by atoms with Gasteiger partial charge in [0.2, 0.25) is 0 Å². The largest absolute Gasteiger partial charge is 0.0837 e. The number of fused-ring (bicyclic) bond motifs is 1. The van der Waals surface area contributed by atoms with Gasteiger partial charge in [-0.05, 0) is 35.1 Å². The number of hydrogen-bond acceptors (Lipinski definition) is 0. The molecule has 0 spiro atoms. The summed E-state index contributed by atoms with van der Waals surface area (Å²) >= 11 is 6.32. The molecular formula is C17H13Cl. The van der Waals surface area contributed by atoms with Gasteiger partial charge in [-0.25, -0.2) is 0 Å². The lowest BCUT2D eigenvalue weighted by Crippen LogP contribution is -1.87. The first kappa shape index (κ1) is 11.3. The van der Waals surface area contributed by atoms with E-state index in [9.17, 15) is 0 Å². The average Bonchev–Trinajstić information content (AvgIpc) is 2.40. The van der Waals surface area contributed by atoms with E-state index in [1.54, 1.807) is 0 Å². The molecule has 0 unspecified atom stereocenters. The summed E-state index contributed by atoms with van der Waals surface area (Å²) in [5, 5.41) is 3.15. The molecule has 0 N–H and O–H groups in total. The van der Waals surface area contributed by atoms with Crippen molar-refractivity contribution in [1.29, 1.82) is 0 Å². The Kier molecular flexibility index (Phi) is 2.81. The molecule has 0 saturated heterocycles. The summed E-state index contributed by atoms with van der Waals surface area (Å²) in [7, 11) is 0. The molecule has 0 nitrogen and oxygen atoms in total. The third-order valence-corrected chi connectivity index (χ3v) is 3.57.